The van der Waals surface area contributed by atoms with Crippen LogP contribution in [0.15, 0.2) is 4.99 Å². The summed E-state index contributed by atoms with van der Waals surface area (Å²) in [5.41, 5.74) is 0.524. The number of hydrogen-bond acceptors (Lipinski definition) is 4. The van der Waals surface area contributed by atoms with Crippen molar-refractivity contribution in [1.82, 2.24) is 5.32 Å². The molecule has 1 unspecified atom stereocenters. The van der Waals surface area contributed by atoms with Crippen LogP contribution in [-0.4, -0.2) is 37.4 Å². The monoisotopic (exact) mass is 226 g/mol. The summed E-state index contributed by atoms with van der Waals surface area (Å²) < 4.78 is 5.00. The molecule has 16 heavy (non-hydrogen) atoms. The molecule has 1 fully saturated rings. The highest BCUT2D eigenvalue weighted by molar-refractivity contribution is 6.38. The van der Waals surface area contributed by atoms with Crippen LogP contribution in [0, 0.1) is 0 Å². The van der Waals surface area contributed by atoms with E-state index in [4.69, 9.17) is 4.74 Å². The molecule has 0 saturated heterocycles. The number of nitrogens with zero attached hydrogens (tertiary/aromatic N) is 1. The fraction of sp³-hybridized carbons (Fsp3) is 0.833. The number of rotatable bonds is 6. The summed E-state index contributed by atoms with van der Waals surface area (Å²) in [6.45, 7) is 4.27. The lowest BCUT2D eigenvalue weighted by Crippen LogP contribution is -2.48. The van der Waals surface area contributed by atoms with Gasteiger partial charge >= 0.3 is 5.97 Å². The van der Waals surface area contributed by atoms with Crippen LogP contribution in [-0.2, 0) is 9.53 Å². The SMILES string of the molecule is CCOC(=O)C(=NC)C(CC)NC1CCC1. The molecule has 0 aromatic rings. The zero-order valence-corrected chi connectivity index (χ0v) is 10.5. The van der Waals surface area contributed by atoms with Gasteiger partial charge in [0.25, 0.3) is 0 Å². The Morgan fingerprint density at radius 3 is 2.56 bits per heavy atom. The highest BCUT2D eigenvalue weighted by Crippen LogP contribution is 2.19. The van der Waals surface area contributed by atoms with Gasteiger partial charge in [-0.1, -0.05) is 13.3 Å². The molecule has 1 aliphatic carbocycles. The minimum atomic E-state index is -0.288. The number of nitrogens with one attached hydrogen (secondary N) is 1. The third-order valence-electron chi connectivity index (χ3n) is 3.01. The lowest BCUT2D eigenvalue weighted by Gasteiger charge is -2.31. The van der Waals surface area contributed by atoms with Gasteiger partial charge < -0.3 is 10.1 Å². The number of esters is 1. The molecule has 0 bridgehead atoms. The van der Waals surface area contributed by atoms with E-state index in [2.05, 4.69) is 17.2 Å². The largest absolute Gasteiger partial charge is 0.461 e. The van der Waals surface area contributed by atoms with E-state index in [0.717, 1.165) is 6.42 Å². The molecule has 1 saturated carbocycles. The fourth-order valence-electron chi connectivity index (χ4n) is 1.84. The molecule has 0 aromatic heterocycles. The van der Waals surface area contributed by atoms with Crippen molar-refractivity contribution in [2.75, 3.05) is 13.7 Å². The minimum absolute atomic E-state index is 0.0364. The third-order valence-corrected chi connectivity index (χ3v) is 3.01. The molecule has 4 nitrogen and oxygen atoms in total. The van der Waals surface area contributed by atoms with E-state index < -0.39 is 0 Å². The molecule has 4 heteroatoms. The average Bonchev–Trinajstić information content (AvgIpc) is 2.21. The van der Waals surface area contributed by atoms with Crippen LogP contribution in [0.4, 0.5) is 0 Å². The van der Waals surface area contributed by atoms with Gasteiger partial charge in [-0.3, -0.25) is 4.99 Å². The van der Waals surface area contributed by atoms with Crippen molar-refractivity contribution in [3.8, 4) is 0 Å². The molecular weight excluding hydrogens is 204 g/mol. The second kappa shape index (κ2) is 6.63. The van der Waals surface area contributed by atoms with Crippen molar-refractivity contribution in [3.63, 3.8) is 0 Å². The van der Waals surface area contributed by atoms with Crippen LogP contribution in [0.25, 0.3) is 0 Å². The number of carbonyl (C=O) groups is 1. The quantitative estimate of drug-likeness (QED) is 0.552. The van der Waals surface area contributed by atoms with E-state index in [-0.39, 0.29) is 12.0 Å². The Hall–Kier alpha value is -0.900. The Labute approximate surface area is 97.5 Å². The molecular formula is C12H22N2O2. The normalized spacial score (nSPS) is 19.1. The van der Waals surface area contributed by atoms with Crippen LogP contribution in [0.2, 0.25) is 0 Å². The van der Waals surface area contributed by atoms with E-state index in [1.54, 1.807) is 7.05 Å². The second-order valence-electron chi connectivity index (χ2n) is 4.08. The van der Waals surface area contributed by atoms with Gasteiger partial charge in [0.15, 0.2) is 0 Å². The Kier molecular flexibility index (Phi) is 5.46. The van der Waals surface area contributed by atoms with Crippen molar-refractivity contribution in [1.29, 1.82) is 0 Å². The molecule has 0 amide bonds. The van der Waals surface area contributed by atoms with Gasteiger partial charge in [0.05, 0.1) is 12.6 Å². The maximum atomic E-state index is 11.7. The van der Waals surface area contributed by atoms with Crippen molar-refractivity contribution in [2.24, 2.45) is 4.99 Å². The molecule has 1 atom stereocenters. The summed E-state index contributed by atoms with van der Waals surface area (Å²) >= 11 is 0. The first-order valence-electron chi connectivity index (χ1n) is 6.12. The van der Waals surface area contributed by atoms with E-state index in [0.29, 0.717) is 18.4 Å². The Balaban J connectivity index is 2.56. The van der Waals surface area contributed by atoms with Gasteiger partial charge in [-0.15, -0.1) is 0 Å². The first kappa shape index (κ1) is 13.2. The van der Waals surface area contributed by atoms with E-state index in [9.17, 15) is 4.79 Å². The highest BCUT2D eigenvalue weighted by atomic mass is 16.5. The number of aliphatic imine (C=N–C) groups is 1. The van der Waals surface area contributed by atoms with Gasteiger partial charge in [0, 0.05) is 13.1 Å². The van der Waals surface area contributed by atoms with E-state index in [1.165, 1.54) is 19.3 Å². The first-order valence-corrected chi connectivity index (χ1v) is 6.12. The molecule has 1 aliphatic rings. The summed E-state index contributed by atoms with van der Waals surface area (Å²) in [5.74, 6) is -0.288. The first-order chi connectivity index (χ1) is 7.72. The Morgan fingerprint density at radius 1 is 1.50 bits per heavy atom. The second-order valence-corrected chi connectivity index (χ2v) is 4.08. The number of carbonyl (C=O) groups excluding carboxylic acids is 1. The zero-order valence-electron chi connectivity index (χ0n) is 10.5. The molecule has 0 spiro atoms. The van der Waals surface area contributed by atoms with Crippen molar-refractivity contribution < 1.29 is 9.53 Å². The molecule has 1 N–H and O–H groups in total. The molecule has 1 rings (SSSR count). The molecule has 0 radical (unpaired) electrons. The maximum absolute atomic E-state index is 11.7. The number of ether oxygens (including phenoxy) is 1. The van der Waals surface area contributed by atoms with Crippen LogP contribution >= 0.6 is 0 Å². The summed E-state index contributed by atoms with van der Waals surface area (Å²) in [7, 11) is 1.65. The highest BCUT2D eigenvalue weighted by Gasteiger charge is 2.26. The lowest BCUT2D eigenvalue weighted by atomic mass is 9.91. The molecule has 0 aliphatic heterocycles. The fourth-order valence-corrected chi connectivity index (χ4v) is 1.84. The summed E-state index contributed by atoms with van der Waals surface area (Å²) in [6.07, 6.45) is 4.56. The molecule has 0 aromatic carbocycles. The van der Waals surface area contributed by atoms with Crippen LogP contribution in [0.3, 0.4) is 0 Å². The van der Waals surface area contributed by atoms with Crippen LogP contribution in [0.1, 0.15) is 39.5 Å². The molecule has 0 heterocycles. The molecule has 92 valence electrons. The predicted molar refractivity (Wildman–Crippen MR) is 64.8 cm³/mol. The van der Waals surface area contributed by atoms with Gasteiger partial charge in [-0.05, 0) is 26.2 Å². The Morgan fingerprint density at radius 2 is 2.19 bits per heavy atom. The summed E-state index contributed by atoms with van der Waals surface area (Å²) in [5, 5.41) is 3.46. The van der Waals surface area contributed by atoms with E-state index in [1.807, 2.05) is 6.92 Å². The number of hydrogen-bond donors (Lipinski definition) is 1. The minimum Gasteiger partial charge on any atom is -0.461 e. The zero-order chi connectivity index (χ0) is 12.0. The van der Waals surface area contributed by atoms with Crippen molar-refractivity contribution in [3.05, 3.63) is 0 Å². The van der Waals surface area contributed by atoms with Crippen LogP contribution in [0.5, 0.6) is 0 Å². The Bertz CT molecular complexity index is 260. The topological polar surface area (TPSA) is 50.7 Å². The standard InChI is InChI=1S/C12H22N2O2/c1-4-10(14-9-7-6-8-9)11(13-3)12(15)16-5-2/h9-10,14H,4-8H2,1-3H3. The van der Waals surface area contributed by atoms with Gasteiger partial charge in [-0.25, -0.2) is 4.79 Å². The maximum Gasteiger partial charge on any atom is 0.353 e. The summed E-state index contributed by atoms with van der Waals surface area (Å²) in [6, 6.07) is 0.588. The lowest BCUT2D eigenvalue weighted by molar-refractivity contribution is -0.135. The van der Waals surface area contributed by atoms with Crippen molar-refractivity contribution in [2.45, 2.75) is 51.6 Å². The van der Waals surface area contributed by atoms with Gasteiger partial charge in [0.1, 0.15) is 5.71 Å². The van der Waals surface area contributed by atoms with Gasteiger partial charge in [-0.2, -0.15) is 0 Å². The van der Waals surface area contributed by atoms with E-state index >= 15 is 0 Å². The third kappa shape index (κ3) is 3.30. The van der Waals surface area contributed by atoms with Crippen molar-refractivity contribution >= 4 is 11.7 Å². The summed E-state index contributed by atoms with van der Waals surface area (Å²) in [4.78, 5) is 15.7. The van der Waals surface area contributed by atoms with Gasteiger partial charge in [0.2, 0.25) is 0 Å². The predicted octanol–water partition coefficient (Wildman–Crippen LogP) is 1.54. The smallest absolute Gasteiger partial charge is 0.353 e. The average molecular weight is 226 g/mol. The van der Waals surface area contributed by atoms with Crippen LogP contribution < -0.4 is 5.32 Å².